The topological polar surface area (TPSA) is 54.0 Å². The number of amides is 1. The average molecular weight is 402 g/mol. The molecule has 2 aliphatic rings. The summed E-state index contributed by atoms with van der Waals surface area (Å²) in [5.41, 5.74) is 3.03. The van der Waals surface area contributed by atoms with Crippen LogP contribution in [0.15, 0.2) is 30.3 Å². The van der Waals surface area contributed by atoms with Crippen molar-refractivity contribution < 1.29 is 9.18 Å². The molecule has 1 heterocycles. The van der Waals surface area contributed by atoms with Crippen LogP contribution in [0.4, 0.5) is 10.2 Å². The van der Waals surface area contributed by atoms with Crippen LogP contribution in [-0.2, 0) is 12.8 Å². The third kappa shape index (κ3) is 4.46. The smallest absolute Gasteiger partial charge is 0.251 e. The fourth-order valence-corrected chi connectivity index (χ4v) is 4.34. The molecule has 0 radical (unpaired) electrons. The molecule has 1 aromatic heterocycles. The van der Waals surface area contributed by atoms with Gasteiger partial charge in [0, 0.05) is 23.3 Å². The largest absolute Gasteiger partial charge is 0.367 e. The van der Waals surface area contributed by atoms with Crippen molar-refractivity contribution in [3.63, 3.8) is 0 Å². The number of nitrogens with zero attached hydrogens (tertiary/aromatic N) is 1. The van der Waals surface area contributed by atoms with Crippen molar-refractivity contribution >= 4 is 23.3 Å². The quantitative estimate of drug-likeness (QED) is 0.765. The van der Waals surface area contributed by atoms with Gasteiger partial charge >= 0.3 is 0 Å². The molecule has 1 aromatic carbocycles. The number of carbonyl (C=O) groups is 1. The standard InChI is InChI=1S/C22H25ClFN3O/c23-18-13-15(5-11-19(18)24)22(28)26-17-9-7-16(8-10-17)25-21-12-6-14-3-1-2-4-20(14)27-21/h5-6,11-13,16-17H,1-4,7-10H2,(H,25,27)(H,26,28)/t16-,17+. The van der Waals surface area contributed by atoms with Gasteiger partial charge in [-0.2, -0.15) is 0 Å². The fourth-order valence-electron chi connectivity index (χ4n) is 4.16. The summed E-state index contributed by atoms with van der Waals surface area (Å²) in [4.78, 5) is 17.2. The van der Waals surface area contributed by atoms with Crippen LogP contribution in [-0.4, -0.2) is 23.0 Å². The van der Waals surface area contributed by atoms with Gasteiger partial charge in [0.1, 0.15) is 11.6 Å². The Morgan fingerprint density at radius 2 is 1.79 bits per heavy atom. The lowest BCUT2D eigenvalue weighted by atomic mass is 9.91. The third-order valence-electron chi connectivity index (χ3n) is 5.77. The van der Waals surface area contributed by atoms with Crippen LogP contribution in [0.3, 0.4) is 0 Å². The number of hydrogen-bond acceptors (Lipinski definition) is 3. The Morgan fingerprint density at radius 3 is 2.57 bits per heavy atom. The first-order chi connectivity index (χ1) is 13.6. The van der Waals surface area contributed by atoms with E-state index in [-0.39, 0.29) is 17.0 Å². The van der Waals surface area contributed by atoms with Gasteiger partial charge in [-0.1, -0.05) is 17.7 Å². The van der Waals surface area contributed by atoms with Gasteiger partial charge in [0.2, 0.25) is 0 Å². The molecule has 2 aliphatic carbocycles. The van der Waals surface area contributed by atoms with E-state index in [1.807, 2.05) is 0 Å². The maximum atomic E-state index is 13.3. The molecule has 0 atom stereocenters. The van der Waals surface area contributed by atoms with Crippen LogP contribution < -0.4 is 10.6 Å². The van der Waals surface area contributed by atoms with Crippen molar-refractivity contribution in [2.45, 2.75) is 63.5 Å². The van der Waals surface area contributed by atoms with Crippen molar-refractivity contribution in [3.05, 3.63) is 58.0 Å². The van der Waals surface area contributed by atoms with E-state index in [1.165, 1.54) is 42.3 Å². The normalized spacial score (nSPS) is 21.6. The molecule has 6 heteroatoms. The summed E-state index contributed by atoms with van der Waals surface area (Å²) in [6, 6.07) is 8.88. The van der Waals surface area contributed by atoms with E-state index in [4.69, 9.17) is 16.6 Å². The predicted octanol–water partition coefficient (Wildman–Crippen LogP) is 4.91. The number of halogens is 2. The van der Waals surface area contributed by atoms with Gasteiger partial charge in [0.15, 0.2) is 0 Å². The summed E-state index contributed by atoms with van der Waals surface area (Å²) in [5, 5.41) is 6.58. The Hall–Kier alpha value is -2.14. The van der Waals surface area contributed by atoms with Crippen molar-refractivity contribution in [1.82, 2.24) is 10.3 Å². The Bertz CT molecular complexity index is 865. The molecule has 2 aromatic rings. The van der Waals surface area contributed by atoms with Gasteiger partial charge < -0.3 is 10.6 Å². The van der Waals surface area contributed by atoms with Gasteiger partial charge in [0.25, 0.3) is 5.91 Å². The monoisotopic (exact) mass is 401 g/mol. The second-order valence-corrected chi connectivity index (χ2v) is 8.21. The minimum Gasteiger partial charge on any atom is -0.367 e. The molecule has 4 rings (SSSR count). The molecule has 0 bridgehead atoms. The first-order valence-corrected chi connectivity index (χ1v) is 10.5. The van der Waals surface area contributed by atoms with Crippen molar-refractivity contribution in [2.75, 3.05) is 5.32 Å². The summed E-state index contributed by atoms with van der Waals surface area (Å²) in [6.07, 6.45) is 8.49. The highest BCUT2D eigenvalue weighted by Crippen LogP contribution is 2.25. The SMILES string of the molecule is O=C(N[C@H]1CC[C@@H](Nc2ccc3c(n2)CCCC3)CC1)c1ccc(F)c(Cl)c1. The zero-order valence-electron chi connectivity index (χ0n) is 15.8. The molecule has 0 spiro atoms. The Labute approximate surface area is 169 Å². The van der Waals surface area contributed by atoms with Crippen LogP contribution >= 0.6 is 11.6 Å². The van der Waals surface area contributed by atoms with Crippen LogP contribution in [0, 0.1) is 5.82 Å². The molecular formula is C22H25ClFN3O. The predicted molar refractivity (Wildman–Crippen MR) is 109 cm³/mol. The summed E-state index contributed by atoms with van der Waals surface area (Å²) in [7, 11) is 0. The van der Waals surface area contributed by atoms with Crippen molar-refractivity contribution in [1.29, 1.82) is 0 Å². The molecule has 0 aliphatic heterocycles. The maximum absolute atomic E-state index is 13.3. The molecule has 0 unspecified atom stereocenters. The number of pyridine rings is 1. The molecule has 2 N–H and O–H groups in total. The fraction of sp³-hybridized carbons (Fsp3) is 0.455. The molecule has 0 saturated heterocycles. The van der Waals surface area contributed by atoms with E-state index in [1.54, 1.807) is 0 Å². The molecular weight excluding hydrogens is 377 g/mol. The zero-order valence-corrected chi connectivity index (χ0v) is 16.6. The van der Waals surface area contributed by atoms with E-state index in [9.17, 15) is 9.18 Å². The lowest BCUT2D eigenvalue weighted by molar-refractivity contribution is 0.0926. The minimum atomic E-state index is -0.513. The third-order valence-corrected chi connectivity index (χ3v) is 6.06. The Kier molecular flexibility index (Phi) is 5.81. The second-order valence-electron chi connectivity index (χ2n) is 7.80. The first kappa shape index (κ1) is 19.2. The number of aryl methyl sites for hydroxylation is 2. The van der Waals surface area contributed by atoms with Crippen molar-refractivity contribution in [2.24, 2.45) is 0 Å². The van der Waals surface area contributed by atoms with Gasteiger partial charge in [-0.3, -0.25) is 4.79 Å². The molecule has 4 nitrogen and oxygen atoms in total. The van der Waals surface area contributed by atoms with E-state index in [2.05, 4.69) is 22.8 Å². The number of hydrogen-bond donors (Lipinski definition) is 2. The summed E-state index contributed by atoms with van der Waals surface area (Å²) >= 11 is 5.77. The maximum Gasteiger partial charge on any atom is 0.251 e. The average Bonchev–Trinajstić information content (AvgIpc) is 2.71. The number of benzene rings is 1. The van der Waals surface area contributed by atoms with Crippen LogP contribution in [0.5, 0.6) is 0 Å². The van der Waals surface area contributed by atoms with Gasteiger partial charge in [-0.25, -0.2) is 9.37 Å². The number of rotatable bonds is 4. The van der Waals surface area contributed by atoms with Crippen LogP contribution in [0.2, 0.25) is 5.02 Å². The number of nitrogens with one attached hydrogen (secondary N) is 2. The minimum absolute atomic E-state index is 0.0295. The Morgan fingerprint density at radius 1 is 1.04 bits per heavy atom. The lowest BCUT2D eigenvalue weighted by Crippen LogP contribution is -2.40. The van der Waals surface area contributed by atoms with Gasteiger partial charge in [-0.15, -0.1) is 0 Å². The van der Waals surface area contributed by atoms with Gasteiger partial charge in [0.05, 0.1) is 5.02 Å². The molecule has 148 valence electrons. The molecule has 1 saturated carbocycles. The van der Waals surface area contributed by atoms with Gasteiger partial charge in [-0.05, 0) is 81.2 Å². The number of fused-ring (bicyclic) bond motifs is 1. The summed E-state index contributed by atoms with van der Waals surface area (Å²) in [5.74, 6) is 0.254. The second kappa shape index (κ2) is 8.48. The summed E-state index contributed by atoms with van der Waals surface area (Å²) < 4.78 is 13.3. The molecule has 1 fully saturated rings. The van der Waals surface area contributed by atoms with E-state index >= 15 is 0 Å². The zero-order chi connectivity index (χ0) is 19.5. The first-order valence-electron chi connectivity index (χ1n) is 10.1. The highest BCUT2D eigenvalue weighted by molar-refractivity contribution is 6.31. The lowest BCUT2D eigenvalue weighted by Gasteiger charge is -2.30. The highest BCUT2D eigenvalue weighted by Gasteiger charge is 2.23. The van der Waals surface area contributed by atoms with Crippen LogP contribution in [0.1, 0.15) is 60.1 Å². The molecule has 1 amide bonds. The molecule has 28 heavy (non-hydrogen) atoms. The number of anilines is 1. The summed E-state index contributed by atoms with van der Waals surface area (Å²) in [6.45, 7) is 0. The highest BCUT2D eigenvalue weighted by atomic mass is 35.5. The Balaban J connectivity index is 1.28. The number of aromatic nitrogens is 1. The van der Waals surface area contributed by atoms with E-state index < -0.39 is 5.82 Å². The van der Waals surface area contributed by atoms with E-state index in [0.29, 0.717) is 11.6 Å². The van der Waals surface area contributed by atoms with Crippen LogP contribution in [0.25, 0.3) is 0 Å². The van der Waals surface area contributed by atoms with E-state index in [0.717, 1.165) is 44.3 Å². The van der Waals surface area contributed by atoms with Crippen molar-refractivity contribution in [3.8, 4) is 0 Å². The number of carbonyl (C=O) groups excluding carboxylic acids is 1.